The Balaban J connectivity index is 1.62. The number of hydrogen-bond donors (Lipinski definition) is 1. The van der Waals surface area contributed by atoms with Crippen molar-refractivity contribution in [3.8, 4) is 5.75 Å². The molecule has 2 aliphatic rings. The van der Waals surface area contributed by atoms with Gasteiger partial charge in [-0.1, -0.05) is 32.0 Å². The summed E-state index contributed by atoms with van der Waals surface area (Å²) in [6, 6.07) is 11.8. The number of carbonyl (C=O) groups is 2. The molecule has 32 heavy (non-hydrogen) atoms. The van der Waals surface area contributed by atoms with E-state index in [-0.39, 0.29) is 23.7 Å². The molecule has 170 valence electrons. The third-order valence-electron chi connectivity index (χ3n) is 6.34. The van der Waals surface area contributed by atoms with Crippen LogP contribution in [0.2, 0.25) is 0 Å². The number of carbonyl (C=O) groups excluding carboxylic acids is 2. The molecule has 2 amide bonds. The number of nitrogens with zero attached hydrogens (tertiary/aromatic N) is 1. The summed E-state index contributed by atoms with van der Waals surface area (Å²) in [5, 5.41) is 2.99. The molecule has 0 bridgehead atoms. The Morgan fingerprint density at radius 2 is 2.00 bits per heavy atom. The van der Waals surface area contributed by atoms with Gasteiger partial charge in [0.1, 0.15) is 11.6 Å². The van der Waals surface area contributed by atoms with Gasteiger partial charge in [0.2, 0.25) is 5.91 Å². The van der Waals surface area contributed by atoms with Crippen LogP contribution in [0.1, 0.15) is 62.3 Å². The van der Waals surface area contributed by atoms with Crippen molar-refractivity contribution >= 4 is 11.8 Å². The first-order valence-corrected chi connectivity index (χ1v) is 11.6. The molecule has 4 rings (SSSR count). The van der Waals surface area contributed by atoms with Crippen LogP contribution in [0.25, 0.3) is 0 Å². The van der Waals surface area contributed by atoms with Gasteiger partial charge in [0, 0.05) is 19.5 Å². The van der Waals surface area contributed by atoms with Crippen LogP contribution in [0.15, 0.2) is 42.5 Å². The van der Waals surface area contributed by atoms with Crippen LogP contribution in [0.4, 0.5) is 4.39 Å². The summed E-state index contributed by atoms with van der Waals surface area (Å²) in [5.41, 5.74) is 2.77. The van der Waals surface area contributed by atoms with E-state index in [9.17, 15) is 14.0 Å². The molecular formula is C26H31FN2O3. The minimum Gasteiger partial charge on any atom is -0.481 e. The second-order valence-corrected chi connectivity index (χ2v) is 8.71. The van der Waals surface area contributed by atoms with Crippen LogP contribution < -0.4 is 10.1 Å². The van der Waals surface area contributed by atoms with Crippen LogP contribution in [0.3, 0.4) is 0 Å². The highest BCUT2D eigenvalue weighted by atomic mass is 19.1. The Bertz CT molecular complexity index is 989. The summed E-state index contributed by atoms with van der Waals surface area (Å²) in [5.74, 6) is 0.798. The zero-order chi connectivity index (χ0) is 22.7. The molecule has 1 saturated carbocycles. The zero-order valence-electron chi connectivity index (χ0n) is 18.8. The third kappa shape index (κ3) is 4.95. The Morgan fingerprint density at radius 3 is 2.69 bits per heavy atom. The summed E-state index contributed by atoms with van der Waals surface area (Å²) in [7, 11) is 0. The van der Waals surface area contributed by atoms with Crippen LogP contribution in [-0.4, -0.2) is 35.9 Å². The maximum Gasteiger partial charge on any atom is 0.261 e. The maximum absolute atomic E-state index is 14.1. The lowest BCUT2D eigenvalue weighted by molar-refractivity contribution is -0.133. The van der Waals surface area contributed by atoms with Crippen LogP contribution >= 0.6 is 0 Å². The molecule has 1 fully saturated rings. The first-order chi connectivity index (χ1) is 15.5. The number of fused-ring (bicyclic) bond motifs is 1. The number of ether oxygens (including phenoxy) is 1. The van der Waals surface area contributed by atoms with Gasteiger partial charge in [-0.3, -0.25) is 9.59 Å². The Morgan fingerprint density at radius 1 is 1.19 bits per heavy atom. The van der Waals surface area contributed by atoms with E-state index in [0.717, 1.165) is 23.1 Å². The van der Waals surface area contributed by atoms with E-state index in [1.54, 1.807) is 6.07 Å². The lowest BCUT2D eigenvalue weighted by atomic mass is 9.87. The van der Waals surface area contributed by atoms with Gasteiger partial charge in [0.05, 0.1) is 6.04 Å². The van der Waals surface area contributed by atoms with Gasteiger partial charge in [-0.05, 0) is 72.6 Å². The van der Waals surface area contributed by atoms with Crippen molar-refractivity contribution in [2.24, 2.45) is 5.92 Å². The standard InChI is InChI=1S/C26H31FN2O3/c1-3-23(26(31)28-16-17-8-9-17)32-21-11-10-18-12-13-29(24(30)4-2)25(22(18)15-21)19-6-5-7-20(27)14-19/h5-7,10-11,14-15,17,23,25H,3-4,8-9,12-13,16H2,1-2H3,(H,28,31)/t23-,25-/m0/s1. The highest BCUT2D eigenvalue weighted by Gasteiger charge is 2.32. The fraction of sp³-hybridized carbons (Fsp3) is 0.462. The predicted molar refractivity (Wildman–Crippen MR) is 121 cm³/mol. The molecule has 2 aromatic carbocycles. The highest BCUT2D eigenvalue weighted by Crippen LogP contribution is 2.38. The van der Waals surface area contributed by atoms with Crippen LogP contribution in [0.5, 0.6) is 5.75 Å². The Hall–Kier alpha value is -2.89. The van der Waals surface area contributed by atoms with E-state index in [1.165, 1.54) is 25.0 Å². The number of halogens is 1. The van der Waals surface area contributed by atoms with Crippen molar-refractivity contribution in [1.29, 1.82) is 0 Å². The van der Waals surface area contributed by atoms with E-state index in [4.69, 9.17) is 4.74 Å². The molecule has 5 nitrogen and oxygen atoms in total. The molecule has 0 radical (unpaired) electrons. The molecule has 0 aromatic heterocycles. The van der Waals surface area contributed by atoms with E-state index < -0.39 is 6.10 Å². The van der Waals surface area contributed by atoms with Crippen molar-refractivity contribution in [3.63, 3.8) is 0 Å². The number of nitrogens with one attached hydrogen (secondary N) is 1. The second kappa shape index (κ2) is 9.72. The predicted octanol–water partition coefficient (Wildman–Crippen LogP) is 4.39. The molecule has 1 N–H and O–H groups in total. The smallest absolute Gasteiger partial charge is 0.261 e. The average molecular weight is 439 g/mol. The van der Waals surface area contributed by atoms with Gasteiger partial charge >= 0.3 is 0 Å². The van der Waals surface area contributed by atoms with Gasteiger partial charge in [-0.2, -0.15) is 0 Å². The molecule has 1 aliphatic carbocycles. The quantitative estimate of drug-likeness (QED) is 0.665. The third-order valence-corrected chi connectivity index (χ3v) is 6.34. The summed E-state index contributed by atoms with van der Waals surface area (Å²) >= 11 is 0. The second-order valence-electron chi connectivity index (χ2n) is 8.71. The van der Waals surface area contributed by atoms with E-state index >= 15 is 0 Å². The number of benzene rings is 2. The molecule has 1 aliphatic heterocycles. The van der Waals surface area contributed by atoms with Gasteiger partial charge in [0.25, 0.3) is 5.91 Å². The molecular weight excluding hydrogens is 407 g/mol. The van der Waals surface area contributed by atoms with Crippen LogP contribution in [0, 0.1) is 11.7 Å². The fourth-order valence-corrected chi connectivity index (χ4v) is 4.34. The first kappa shape index (κ1) is 22.3. The van der Waals surface area contributed by atoms with Gasteiger partial charge in [0.15, 0.2) is 6.10 Å². The minimum atomic E-state index is -0.573. The van der Waals surface area contributed by atoms with Crippen molar-refractivity contribution in [2.45, 2.75) is 58.1 Å². The van der Waals surface area contributed by atoms with Gasteiger partial charge < -0.3 is 15.0 Å². The SMILES string of the molecule is CCC(=O)N1CCc2ccc(O[C@@H](CC)C(=O)NCC3CC3)cc2[C@@H]1c1cccc(F)c1. The average Bonchev–Trinajstić information content (AvgIpc) is 3.64. The molecule has 2 aromatic rings. The van der Waals surface area contributed by atoms with Gasteiger partial charge in [-0.15, -0.1) is 0 Å². The topological polar surface area (TPSA) is 58.6 Å². The van der Waals surface area contributed by atoms with E-state index in [2.05, 4.69) is 5.32 Å². The maximum atomic E-state index is 14.1. The van der Waals surface area contributed by atoms with Gasteiger partial charge in [-0.25, -0.2) is 4.39 Å². The fourth-order valence-electron chi connectivity index (χ4n) is 4.34. The first-order valence-electron chi connectivity index (χ1n) is 11.6. The number of hydrogen-bond acceptors (Lipinski definition) is 3. The number of rotatable bonds is 8. The molecule has 2 atom stereocenters. The molecule has 6 heteroatoms. The van der Waals surface area contributed by atoms with Crippen molar-refractivity contribution in [2.75, 3.05) is 13.1 Å². The summed E-state index contributed by atoms with van der Waals surface area (Å²) in [6.45, 7) is 5.06. The minimum absolute atomic E-state index is 0.0297. The van der Waals surface area contributed by atoms with Crippen molar-refractivity contribution in [3.05, 3.63) is 65.0 Å². The summed E-state index contributed by atoms with van der Waals surface area (Å²) in [6.07, 6.45) is 3.45. The van der Waals surface area contributed by atoms with E-state index in [1.807, 2.05) is 43.0 Å². The molecule has 0 unspecified atom stereocenters. The van der Waals surface area contributed by atoms with E-state index in [0.29, 0.717) is 37.6 Å². The zero-order valence-corrected chi connectivity index (χ0v) is 18.8. The van der Waals surface area contributed by atoms with Crippen LogP contribution in [-0.2, 0) is 16.0 Å². The largest absolute Gasteiger partial charge is 0.481 e. The normalized spacial score (nSPS) is 18.6. The lowest BCUT2D eigenvalue weighted by Crippen LogP contribution is -2.40. The molecule has 1 heterocycles. The lowest BCUT2D eigenvalue weighted by Gasteiger charge is -2.38. The van der Waals surface area contributed by atoms with Crippen molar-refractivity contribution in [1.82, 2.24) is 10.2 Å². The van der Waals surface area contributed by atoms with Crippen molar-refractivity contribution < 1.29 is 18.7 Å². The highest BCUT2D eigenvalue weighted by molar-refractivity contribution is 5.81. The molecule has 0 saturated heterocycles. The molecule has 0 spiro atoms. The Kier molecular flexibility index (Phi) is 6.77. The number of amides is 2. The summed E-state index contributed by atoms with van der Waals surface area (Å²) < 4.78 is 20.1. The Labute approximate surface area is 188 Å². The monoisotopic (exact) mass is 438 g/mol. The summed E-state index contributed by atoms with van der Waals surface area (Å²) in [4.78, 5) is 27.1.